The number of piperidine rings is 1. The van der Waals surface area contributed by atoms with Gasteiger partial charge in [-0.2, -0.15) is 0 Å². The second-order valence-corrected chi connectivity index (χ2v) is 11.1. The molecule has 2 unspecified atom stereocenters. The molecule has 4 atom stereocenters. The van der Waals surface area contributed by atoms with Gasteiger partial charge in [0.2, 0.25) is 0 Å². The zero-order chi connectivity index (χ0) is 28.2. The number of anilines is 1. The first kappa shape index (κ1) is 30.8. The van der Waals surface area contributed by atoms with Crippen LogP contribution in [0.25, 0.3) is 0 Å². The predicted octanol–water partition coefficient (Wildman–Crippen LogP) is 3.99. The zero-order valence-corrected chi connectivity index (χ0v) is 24.5. The van der Waals surface area contributed by atoms with Gasteiger partial charge in [-0.15, -0.1) is 0 Å². The molecule has 0 bridgehead atoms. The number of fused-ring (bicyclic) bond motifs is 1. The minimum Gasteiger partial charge on any atom is -0.490 e. The fourth-order valence-electron chi connectivity index (χ4n) is 5.86. The topological polar surface area (TPSA) is 81.7 Å². The van der Waals surface area contributed by atoms with Crippen LogP contribution in [-0.2, 0) is 32.2 Å². The van der Waals surface area contributed by atoms with Gasteiger partial charge in [-0.1, -0.05) is 37.3 Å². The van der Waals surface area contributed by atoms with E-state index in [1.165, 1.54) is 5.56 Å². The lowest BCUT2D eigenvalue weighted by Crippen LogP contribution is -2.47. The van der Waals surface area contributed by atoms with Gasteiger partial charge in [0.1, 0.15) is 12.4 Å². The van der Waals surface area contributed by atoms with Crippen LogP contribution in [0.15, 0.2) is 42.5 Å². The van der Waals surface area contributed by atoms with Crippen molar-refractivity contribution in [1.29, 1.82) is 0 Å². The average molecular weight is 557 g/mol. The Labute approximate surface area is 239 Å². The van der Waals surface area contributed by atoms with Crippen LogP contribution < -0.4 is 15.0 Å². The van der Waals surface area contributed by atoms with E-state index in [0.717, 1.165) is 68.2 Å². The predicted molar refractivity (Wildman–Crippen MR) is 157 cm³/mol. The standard InChI is InChI=1S/C32H48N2O6/c1-24(20-37-3)21-38-22-25-5-8-27(9-6-25)32-28(11-14-35)18-33-19-31(32)40-23-26-7-10-30-29(17-26)34(13-16-39-30)12-4-15-36-2/h5-10,17,24,28,31-33,35H,4,11-16,18-23H2,1-3H3/t24-,28?,31?,32-/m0/s1. The summed E-state index contributed by atoms with van der Waals surface area (Å²) < 4.78 is 28.9. The number of methoxy groups -OCH3 is 2. The average Bonchev–Trinajstić information content (AvgIpc) is 2.97. The van der Waals surface area contributed by atoms with E-state index < -0.39 is 0 Å². The molecule has 0 saturated carbocycles. The molecule has 0 amide bonds. The normalized spacial score (nSPS) is 21.6. The Morgan fingerprint density at radius 2 is 1.85 bits per heavy atom. The maximum atomic E-state index is 9.80. The van der Waals surface area contributed by atoms with Crippen molar-refractivity contribution >= 4 is 5.69 Å². The second kappa shape index (κ2) is 16.3. The Morgan fingerprint density at radius 3 is 2.62 bits per heavy atom. The lowest BCUT2D eigenvalue weighted by Gasteiger charge is -2.39. The highest BCUT2D eigenvalue weighted by Crippen LogP contribution is 2.36. The second-order valence-electron chi connectivity index (χ2n) is 11.1. The first-order valence-corrected chi connectivity index (χ1v) is 14.7. The molecule has 2 aliphatic rings. The fraction of sp³-hybridized carbons (Fsp3) is 0.625. The van der Waals surface area contributed by atoms with Crippen molar-refractivity contribution in [1.82, 2.24) is 5.32 Å². The van der Waals surface area contributed by atoms with E-state index in [4.69, 9.17) is 23.7 Å². The molecule has 8 nitrogen and oxygen atoms in total. The van der Waals surface area contributed by atoms with Crippen molar-refractivity contribution in [2.45, 2.75) is 45.0 Å². The number of aliphatic hydroxyl groups excluding tert-OH is 1. The molecule has 2 N–H and O–H groups in total. The minimum absolute atomic E-state index is 0.00684. The maximum absolute atomic E-state index is 9.80. The summed E-state index contributed by atoms with van der Waals surface area (Å²) in [7, 11) is 3.47. The number of ether oxygens (including phenoxy) is 5. The molecule has 2 aromatic rings. The number of rotatable bonds is 16. The van der Waals surface area contributed by atoms with E-state index in [1.807, 2.05) is 0 Å². The molecule has 2 heterocycles. The van der Waals surface area contributed by atoms with Crippen LogP contribution >= 0.6 is 0 Å². The summed E-state index contributed by atoms with van der Waals surface area (Å²) in [6.07, 6.45) is 1.73. The van der Waals surface area contributed by atoms with Gasteiger partial charge in [0, 0.05) is 52.4 Å². The van der Waals surface area contributed by atoms with Crippen LogP contribution in [0.5, 0.6) is 5.75 Å². The third-order valence-corrected chi connectivity index (χ3v) is 7.87. The van der Waals surface area contributed by atoms with Gasteiger partial charge in [0.05, 0.1) is 44.8 Å². The fourth-order valence-corrected chi connectivity index (χ4v) is 5.86. The largest absolute Gasteiger partial charge is 0.490 e. The number of hydrogen-bond acceptors (Lipinski definition) is 8. The third kappa shape index (κ3) is 8.65. The Bertz CT molecular complexity index is 1000. The SMILES string of the molecule is COCCCN1CCOc2ccc(COC3CNCC(CCO)[C@@H]3c3ccc(COC[C@@H](C)COC)cc3)cc21. The molecule has 2 aromatic carbocycles. The quantitative estimate of drug-likeness (QED) is 0.301. The molecule has 0 aromatic heterocycles. The first-order chi connectivity index (χ1) is 19.6. The van der Waals surface area contributed by atoms with E-state index in [-0.39, 0.29) is 18.6 Å². The summed E-state index contributed by atoms with van der Waals surface area (Å²) in [6.45, 7) is 9.73. The summed E-state index contributed by atoms with van der Waals surface area (Å²) in [4.78, 5) is 2.38. The van der Waals surface area contributed by atoms with Gasteiger partial charge in [0.15, 0.2) is 0 Å². The molecule has 0 aliphatic carbocycles. The van der Waals surface area contributed by atoms with Crippen LogP contribution in [-0.4, -0.2) is 84.6 Å². The van der Waals surface area contributed by atoms with Crippen molar-refractivity contribution in [2.75, 3.05) is 78.3 Å². The number of hydrogen-bond donors (Lipinski definition) is 2. The van der Waals surface area contributed by atoms with Crippen molar-refractivity contribution in [3.05, 3.63) is 59.2 Å². The van der Waals surface area contributed by atoms with Crippen LogP contribution in [0.4, 0.5) is 5.69 Å². The van der Waals surface area contributed by atoms with Gasteiger partial charge >= 0.3 is 0 Å². The Morgan fingerprint density at radius 1 is 1.02 bits per heavy atom. The lowest BCUT2D eigenvalue weighted by molar-refractivity contribution is -0.00946. The summed E-state index contributed by atoms with van der Waals surface area (Å²) in [5.74, 6) is 1.81. The number of aliphatic hydroxyl groups is 1. The van der Waals surface area contributed by atoms with Gasteiger partial charge in [-0.3, -0.25) is 0 Å². The zero-order valence-electron chi connectivity index (χ0n) is 24.5. The van der Waals surface area contributed by atoms with Gasteiger partial charge in [0.25, 0.3) is 0 Å². The minimum atomic E-state index is 0.00684. The van der Waals surface area contributed by atoms with Crippen LogP contribution in [0.3, 0.4) is 0 Å². The lowest BCUT2D eigenvalue weighted by atomic mass is 9.77. The molecule has 1 fully saturated rings. The smallest absolute Gasteiger partial charge is 0.142 e. The maximum Gasteiger partial charge on any atom is 0.142 e. The van der Waals surface area contributed by atoms with Crippen molar-refractivity contribution in [2.24, 2.45) is 11.8 Å². The molecule has 4 rings (SSSR count). The van der Waals surface area contributed by atoms with Crippen molar-refractivity contribution in [3.8, 4) is 5.75 Å². The highest BCUT2D eigenvalue weighted by Gasteiger charge is 2.35. The monoisotopic (exact) mass is 556 g/mol. The summed E-state index contributed by atoms with van der Waals surface area (Å²) in [5, 5.41) is 13.3. The van der Waals surface area contributed by atoms with Crippen LogP contribution in [0, 0.1) is 11.8 Å². The van der Waals surface area contributed by atoms with Gasteiger partial charge in [-0.05, 0) is 54.1 Å². The highest BCUT2D eigenvalue weighted by molar-refractivity contribution is 5.61. The highest BCUT2D eigenvalue weighted by atomic mass is 16.5. The van der Waals surface area contributed by atoms with Gasteiger partial charge in [-0.25, -0.2) is 0 Å². The van der Waals surface area contributed by atoms with E-state index >= 15 is 0 Å². The summed E-state index contributed by atoms with van der Waals surface area (Å²) in [5.41, 5.74) is 4.68. The Kier molecular flexibility index (Phi) is 12.5. The molecular weight excluding hydrogens is 508 g/mol. The molecule has 0 spiro atoms. The van der Waals surface area contributed by atoms with E-state index in [1.54, 1.807) is 14.2 Å². The molecule has 1 saturated heterocycles. The van der Waals surface area contributed by atoms with Crippen LogP contribution in [0.2, 0.25) is 0 Å². The molecule has 0 radical (unpaired) electrons. The molecule has 8 heteroatoms. The molecule has 222 valence electrons. The van der Waals surface area contributed by atoms with Crippen LogP contribution in [0.1, 0.15) is 42.4 Å². The summed E-state index contributed by atoms with van der Waals surface area (Å²) in [6, 6.07) is 15.1. The molecular formula is C32H48N2O6. The Balaban J connectivity index is 1.41. The van der Waals surface area contributed by atoms with E-state index in [2.05, 4.69) is 59.6 Å². The van der Waals surface area contributed by atoms with Gasteiger partial charge < -0.3 is 39.0 Å². The molecule has 2 aliphatic heterocycles. The number of nitrogens with one attached hydrogen (secondary N) is 1. The third-order valence-electron chi connectivity index (χ3n) is 7.87. The summed E-state index contributed by atoms with van der Waals surface area (Å²) >= 11 is 0. The first-order valence-electron chi connectivity index (χ1n) is 14.7. The number of benzene rings is 2. The van der Waals surface area contributed by atoms with Crippen molar-refractivity contribution in [3.63, 3.8) is 0 Å². The van der Waals surface area contributed by atoms with E-state index in [9.17, 15) is 5.11 Å². The Hall–Kier alpha value is -2.20. The van der Waals surface area contributed by atoms with Crippen molar-refractivity contribution < 1.29 is 28.8 Å². The molecule has 40 heavy (non-hydrogen) atoms. The number of nitrogens with zero attached hydrogens (tertiary/aromatic N) is 1. The van der Waals surface area contributed by atoms with E-state index in [0.29, 0.717) is 44.9 Å².